The Balaban J connectivity index is 1.99. The molecule has 0 amide bonds. The number of hydrogen-bond donors (Lipinski definition) is 2. The minimum absolute atomic E-state index is 0.221. The molecule has 0 bridgehead atoms. The first-order valence-corrected chi connectivity index (χ1v) is 5.74. The van der Waals surface area contributed by atoms with Crippen LogP contribution in [-0.2, 0) is 0 Å². The van der Waals surface area contributed by atoms with Crippen molar-refractivity contribution in [3.8, 4) is 5.75 Å². The van der Waals surface area contributed by atoms with Crippen LogP contribution in [0.3, 0.4) is 0 Å². The fourth-order valence-corrected chi connectivity index (χ4v) is 1.69. The second-order valence-electron chi connectivity index (χ2n) is 3.87. The number of pyridine rings is 1. The SMILES string of the molecule is N/C(CCCOc1cccc2ncccc12)=N/O. The van der Waals surface area contributed by atoms with Crippen LogP contribution in [0.15, 0.2) is 41.7 Å². The Labute approximate surface area is 105 Å². The van der Waals surface area contributed by atoms with Crippen LogP contribution in [0.25, 0.3) is 10.9 Å². The molecule has 0 spiro atoms. The van der Waals surface area contributed by atoms with Gasteiger partial charge < -0.3 is 15.7 Å². The Morgan fingerprint density at radius 3 is 3.06 bits per heavy atom. The number of ether oxygens (including phenoxy) is 1. The van der Waals surface area contributed by atoms with E-state index in [0.717, 1.165) is 16.7 Å². The first kappa shape index (κ1) is 12.2. The molecule has 0 aliphatic heterocycles. The van der Waals surface area contributed by atoms with Crippen LogP contribution in [0.5, 0.6) is 5.75 Å². The van der Waals surface area contributed by atoms with Gasteiger partial charge in [0.05, 0.1) is 12.1 Å². The minimum atomic E-state index is 0.221. The molecule has 5 heteroatoms. The molecule has 2 aromatic rings. The van der Waals surface area contributed by atoms with Crippen molar-refractivity contribution >= 4 is 16.7 Å². The summed E-state index contributed by atoms with van der Waals surface area (Å²) in [5.41, 5.74) is 6.29. The molecule has 0 aliphatic rings. The van der Waals surface area contributed by atoms with Crippen LogP contribution in [0, 0.1) is 0 Å². The second kappa shape index (κ2) is 5.86. The van der Waals surface area contributed by atoms with Gasteiger partial charge >= 0.3 is 0 Å². The maximum Gasteiger partial charge on any atom is 0.139 e. The standard InChI is InChI=1S/C13H15N3O2/c14-13(16-17)7-3-9-18-12-6-1-5-11-10(12)4-2-8-15-11/h1-2,4-6,8,17H,3,7,9H2,(H2,14,16). The highest BCUT2D eigenvalue weighted by Gasteiger charge is 2.02. The third kappa shape index (κ3) is 2.88. The summed E-state index contributed by atoms with van der Waals surface area (Å²) in [7, 11) is 0. The van der Waals surface area contributed by atoms with Gasteiger partial charge in [0.15, 0.2) is 0 Å². The van der Waals surface area contributed by atoms with Crippen LogP contribution in [0.4, 0.5) is 0 Å². The van der Waals surface area contributed by atoms with E-state index in [1.807, 2.05) is 30.3 Å². The van der Waals surface area contributed by atoms with E-state index in [1.54, 1.807) is 6.20 Å². The van der Waals surface area contributed by atoms with Gasteiger partial charge in [-0.2, -0.15) is 0 Å². The molecule has 0 aliphatic carbocycles. The van der Waals surface area contributed by atoms with Gasteiger partial charge in [-0.3, -0.25) is 4.98 Å². The van der Waals surface area contributed by atoms with E-state index in [9.17, 15) is 0 Å². The quantitative estimate of drug-likeness (QED) is 0.278. The van der Waals surface area contributed by atoms with Gasteiger partial charge in [-0.05, 0) is 30.7 Å². The van der Waals surface area contributed by atoms with Crippen molar-refractivity contribution in [2.45, 2.75) is 12.8 Å². The zero-order valence-corrected chi connectivity index (χ0v) is 9.91. The minimum Gasteiger partial charge on any atom is -0.493 e. The summed E-state index contributed by atoms with van der Waals surface area (Å²) in [6.07, 6.45) is 2.97. The smallest absolute Gasteiger partial charge is 0.139 e. The zero-order valence-electron chi connectivity index (χ0n) is 9.91. The number of rotatable bonds is 5. The first-order valence-electron chi connectivity index (χ1n) is 5.74. The molecule has 0 fully saturated rings. The van der Waals surface area contributed by atoms with Crippen LogP contribution >= 0.6 is 0 Å². The van der Waals surface area contributed by atoms with Crippen molar-refractivity contribution in [1.29, 1.82) is 0 Å². The van der Waals surface area contributed by atoms with E-state index < -0.39 is 0 Å². The lowest BCUT2D eigenvalue weighted by atomic mass is 10.2. The molecule has 3 N–H and O–H groups in total. The Hall–Kier alpha value is -2.30. The predicted octanol–water partition coefficient (Wildman–Crippen LogP) is 2.14. The third-order valence-corrected chi connectivity index (χ3v) is 2.57. The molecule has 0 atom stereocenters. The highest BCUT2D eigenvalue weighted by atomic mass is 16.5. The van der Waals surface area contributed by atoms with Gasteiger partial charge in [0.2, 0.25) is 0 Å². The number of nitrogens with zero attached hydrogens (tertiary/aromatic N) is 2. The summed E-state index contributed by atoms with van der Waals surface area (Å²) in [5, 5.41) is 12.3. The number of benzene rings is 1. The lowest BCUT2D eigenvalue weighted by Crippen LogP contribution is -2.12. The largest absolute Gasteiger partial charge is 0.493 e. The zero-order chi connectivity index (χ0) is 12.8. The van der Waals surface area contributed by atoms with Crippen molar-refractivity contribution in [1.82, 2.24) is 4.98 Å². The fourth-order valence-electron chi connectivity index (χ4n) is 1.69. The Bertz CT molecular complexity index is 549. The summed E-state index contributed by atoms with van der Waals surface area (Å²) in [6.45, 7) is 0.518. The highest BCUT2D eigenvalue weighted by molar-refractivity contribution is 5.84. The van der Waals surface area contributed by atoms with Crippen LogP contribution < -0.4 is 10.5 Å². The molecular weight excluding hydrogens is 230 g/mol. The van der Waals surface area contributed by atoms with Crippen molar-refractivity contribution < 1.29 is 9.94 Å². The summed E-state index contributed by atoms with van der Waals surface area (Å²) in [6, 6.07) is 9.62. The number of aromatic nitrogens is 1. The van der Waals surface area contributed by atoms with Gasteiger partial charge in [-0.25, -0.2) is 0 Å². The average molecular weight is 245 g/mol. The molecule has 1 aromatic heterocycles. The van der Waals surface area contributed by atoms with Crippen molar-refractivity contribution in [3.05, 3.63) is 36.5 Å². The first-order chi connectivity index (χ1) is 8.81. The summed E-state index contributed by atoms with van der Waals surface area (Å²) in [5.74, 6) is 1.03. The molecule has 5 nitrogen and oxygen atoms in total. The van der Waals surface area contributed by atoms with Gasteiger partial charge in [-0.15, -0.1) is 0 Å². The molecule has 1 heterocycles. The maximum absolute atomic E-state index is 8.41. The predicted molar refractivity (Wildman–Crippen MR) is 69.9 cm³/mol. The second-order valence-corrected chi connectivity index (χ2v) is 3.87. The number of nitrogens with two attached hydrogens (primary N) is 1. The van der Waals surface area contributed by atoms with E-state index in [0.29, 0.717) is 19.4 Å². The third-order valence-electron chi connectivity index (χ3n) is 2.57. The van der Waals surface area contributed by atoms with Gasteiger partial charge in [0, 0.05) is 18.0 Å². The van der Waals surface area contributed by atoms with Gasteiger partial charge in [0.25, 0.3) is 0 Å². The normalized spacial score (nSPS) is 11.7. The van der Waals surface area contributed by atoms with Crippen molar-refractivity contribution in [3.63, 3.8) is 0 Å². The monoisotopic (exact) mass is 245 g/mol. The summed E-state index contributed by atoms with van der Waals surface area (Å²) >= 11 is 0. The summed E-state index contributed by atoms with van der Waals surface area (Å²) in [4.78, 5) is 4.26. The maximum atomic E-state index is 8.41. The average Bonchev–Trinajstić information content (AvgIpc) is 2.43. The molecular formula is C13H15N3O2. The molecule has 18 heavy (non-hydrogen) atoms. The van der Waals surface area contributed by atoms with E-state index in [-0.39, 0.29) is 5.84 Å². The molecule has 0 radical (unpaired) electrons. The number of oxime groups is 1. The lowest BCUT2D eigenvalue weighted by molar-refractivity contribution is 0.307. The van der Waals surface area contributed by atoms with Gasteiger partial charge in [0.1, 0.15) is 11.6 Å². The molecule has 94 valence electrons. The van der Waals surface area contributed by atoms with Crippen LogP contribution in [0.2, 0.25) is 0 Å². The van der Waals surface area contributed by atoms with E-state index >= 15 is 0 Å². The summed E-state index contributed by atoms with van der Waals surface area (Å²) < 4.78 is 5.68. The number of amidine groups is 1. The molecule has 2 rings (SSSR count). The van der Waals surface area contributed by atoms with E-state index in [4.69, 9.17) is 15.7 Å². The van der Waals surface area contributed by atoms with Crippen LogP contribution in [-0.4, -0.2) is 22.6 Å². The Kier molecular flexibility index (Phi) is 3.96. The van der Waals surface area contributed by atoms with E-state index in [2.05, 4.69) is 10.1 Å². The lowest BCUT2D eigenvalue weighted by Gasteiger charge is -2.08. The van der Waals surface area contributed by atoms with Crippen LogP contribution in [0.1, 0.15) is 12.8 Å². The fraction of sp³-hybridized carbons (Fsp3) is 0.231. The van der Waals surface area contributed by atoms with Crippen molar-refractivity contribution in [2.75, 3.05) is 6.61 Å². The Morgan fingerprint density at radius 1 is 1.33 bits per heavy atom. The highest BCUT2D eigenvalue weighted by Crippen LogP contribution is 2.23. The molecule has 0 unspecified atom stereocenters. The molecule has 0 saturated heterocycles. The van der Waals surface area contributed by atoms with E-state index in [1.165, 1.54) is 0 Å². The molecule has 0 saturated carbocycles. The van der Waals surface area contributed by atoms with Crippen molar-refractivity contribution in [2.24, 2.45) is 10.9 Å². The topological polar surface area (TPSA) is 80.7 Å². The molecule has 1 aromatic carbocycles. The number of hydrogen-bond acceptors (Lipinski definition) is 4. The van der Waals surface area contributed by atoms with Gasteiger partial charge in [-0.1, -0.05) is 11.2 Å². The Morgan fingerprint density at radius 2 is 2.22 bits per heavy atom. The number of fused-ring (bicyclic) bond motifs is 1.